The zero-order valence-corrected chi connectivity index (χ0v) is 23.4. The van der Waals surface area contributed by atoms with Crippen molar-refractivity contribution < 1.29 is 37.4 Å². The summed E-state index contributed by atoms with van der Waals surface area (Å²) in [7, 11) is 0. The number of nitrogens with one attached hydrogen (secondary N) is 2. The van der Waals surface area contributed by atoms with Gasteiger partial charge in [-0.1, -0.05) is 30.3 Å². The van der Waals surface area contributed by atoms with Gasteiger partial charge >= 0.3 is 12.1 Å². The molecule has 0 spiro atoms. The van der Waals surface area contributed by atoms with Gasteiger partial charge in [-0.3, -0.25) is 19.9 Å². The van der Waals surface area contributed by atoms with Crippen molar-refractivity contribution in [3.05, 3.63) is 119 Å². The lowest BCUT2D eigenvalue weighted by Crippen LogP contribution is -2.21. The Morgan fingerprint density at radius 3 is 2.49 bits per heavy atom. The number of aliphatic hydroxyl groups is 1. The van der Waals surface area contributed by atoms with Crippen LogP contribution in [0.2, 0.25) is 0 Å². The van der Waals surface area contributed by atoms with Gasteiger partial charge in [0.2, 0.25) is 0 Å². The Morgan fingerprint density at radius 1 is 0.953 bits per heavy atom. The number of halogens is 4. The number of carboxylic acid groups (broad SMARTS) is 1. The van der Waals surface area contributed by atoms with Crippen LogP contribution in [0, 0.1) is 5.82 Å². The third-order valence-electron chi connectivity index (χ3n) is 6.28. The van der Waals surface area contributed by atoms with Crippen LogP contribution >= 0.6 is 11.8 Å². The highest BCUT2D eigenvalue weighted by Gasteiger charge is 2.30. The summed E-state index contributed by atoms with van der Waals surface area (Å²) in [5, 5.41) is 25.0. The predicted octanol–water partition coefficient (Wildman–Crippen LogP) is 6.65. The summed E-state index contributed by atoms with van der Waals surface area (Å²) in [5.41, 5.74) is 1.80. The van der Waals surface area contributed by atoms with E-state index in [1.165, 1.54) is 60.4 Å². The summed E-state index contributed by atoms with van der Waals surface area (Å²) in [6, 6.07) is 18.4. The standard InChI is InChI=1S/C31H27F4N3O4S/c32-24-7-8-26(38-30(42)21-5-1-4-20(13-21)18-43-12-10-28(39)40)25(16-24)27-15-22(9-11-36-27)29(41)37-17-19-3-2-6-23(14-19)31(33,34)35/h1-9,11,13-16,29,37,41H,10,12,17-18H2,(H,38,42)(H,39,40). The van der Waals surface area contributed by atoms with Gasteiger partial charge in [0.25, 0.3) is 5.91 Å². The maximum atomic E-state index is 14.3. The van der Waals surface area contributed by atoms with E-state index in [9.17, 15) is 32.3 Å². The van der Waals surface area contributed by atoms with Gasteiger partial charge in [0.15, 0.2) is 0 Å². The minimum absolute atomic E-state index is 0.0380. The van der Waals surface area contributed by atoms with Gasteiger partial charge in [0.1, 0.15) is 12.0 Å². The molecule has 43 heavy (non-hydrogen) atoms. The zero-order valence-electron chi connectivity index (χ0n) is 22.6. The van der Waals surface area contributed by atoms with Gasteiger partial charge in [-0.05, 0) is 65.2 Å². The van der Waals surface area contributed by atoms with Crippen molar-refractivity contribution >= 4 is 29.3 Å². The molecule has 7 nitrogen and oxygen atoms in total. The third kappa shape index (κ3) is 9.11. The Labute approximate surface area is 249 Å². The number of aromatic nitrogens is 1. The quantitative estimate of drug-likeness (QED) is 0.0805. The normalized spacial score (nSPS) is 12.1. The number of amides is 1. The Morgan fingerprint density at radius 2 is 1.72 bits per heavy atom. The van der Waals surface area contributed by atoms with Crippen LogP contribution in [0.15, 0.2) is 85.1 Å². The maximum Gasteiger partial charge on any atom is 0.416 e. The van der Waals surface area contributed by atoms with E-state index in [4.69, 9.17) is 5.11 Å². The second-order valence-corrected chi connectivity index (χ2v) is 10.6. The zero-order chi connectivity index (χ0) is 31.0. The van der Waals surface area contributed by atoms with E-state index in [-0.39, 0.29) is 29.9 Å². The first kappa shape index (κ1) is 31.7. The van der Waals surface area contributed by atoms with Gasteiger partial charge < -0.3 is 15.5 Å². The smallest absolute Gasteiger partial charge is 0.416 e. The minimum atomic E-state index is -4.49. The fourth-order valence-corrected chi connectivity index (χ4v) is 5.02. The van der Waals surface area contributed by atoms with Gasteiger partial charge in [-0.2, -0.15) is 24.9 Å². The van der Waals surface area contributed by atoms with E-state index in [0.717, 1.165) is 17.7 Å². The molecule has 0 saturated carbocycles. The number of nitrogens with zero attached hydrogens (tertiary/aromatic N) is 1. The van der Waals surface area contributed by atoms with Crippen LogP contribution < -0.4 is 10.6 Å². The molecule has 0 saturated heterocycles. The Bertz CT molecular complexity index is 1600. The number of carbonyl (C=O) groups excluding carboxylic acids is 1. The third-order valence-corrected chi connectivity index (χ3v) is 7.31. The lowest BCUT2D eigenvalue weighted by atomic mass is 10.0. The molecule has 0 radical (unpaired) electrons. The second kappa shape index (κ2) is 14.3. The van der Waals surface area contributed by atoms with Crippen molar-refractivity contribution in [3.8, 4) is 11.3 Å². The molecule has 1 unspecified atom stereocenters. The number of pyridine rings is 1. The molecule has 12 heteroatoms. The van der Waals surface area contributed by atoms with Gasteiger partial charge in [0.05, 0.1) is 23.4 Å². The molecule has 3 aromatic carbocycles. The van der Waals surface area contributed by atoms with Crippen LogP contribution in [0.1, 0.15) is 45.3 Å². The molecule has 1 aromatic heterocycles. The summed E-state index contributed by atoms with van der Waals surface area (Å²) < 4.78 is 53.4. The Kier molecular flexibility index (Phi) is 10.5. The van der Waals surface area contributed by atoms with E-state index in [1.807, 2.05) is 6.07 Å². The maximum absolute atomic E-state index is 14.3. The highest BCUT2D eigenvalue weighted by atomic mass is 32.2. The first-order chi connectivity index (χ1) is 20.5. The molecule has 1 heterocycles. The summed E-state index contributed by atoms with van der Waals surface area (Å²) in [4.78, 5) is 28.1. The molecule has 0 aliphatic heterocycles. The van der Waals surface area contributed by atoms with Gasteiger partial charge in [0, 0.05) is 35.4 Å². The molecule has 0 aliphatic rings. The molecule has 4 N–H and O–H groups in total. The molecular formula is C31H27F4N3O4S. The molecule has 1 atom stereocenters. The summed E-state index contributed by atoms with van der Waals surface area (Å²) in [5.74, 6) is -0.951. The van der Waals surface area contributed by atoms with Crippen molar-refractivity contribution in [2.75, 3.05) is 11.1 Å². The van der Waals surface area contributed by atoms with Crippen LogP contribution in [0.5, 0.6) is 0 Å². The highest BCUT2D eigenvalue weighted by Crippen LogP contribution is 2.31. The van der Waals surface area contributed by atoms with Crippen LogP contribution in [-0.4, -0.2) is 32.8 Å². The lowest BCUT2D eigenvalue weighted by Gasteiger charge is -2.16. The molecule has 0 bridgehead atoms. The number of aliphatic carboxylic acids is 1. The van der Waals surface area contributed by atoms with Crippen LogP contribution in [0.25, 0.3) is 11.3 Å². The number of rotatable bonds is 12. The Balaban J connectivity index is 1.48. The van der Waals surface area contributed by atoms with Gasteiger partial charge in [-0.25, -0.2) is 4.39 Å². The van der Waals surface area contributed by atoms with Crippen molar-refractivity contribution in [1.29, 1.82) is 0 Å². The fourth-order valence-electron chi connectivity index (χ4n) is 4.14. The van der Waals surface area contributed by atoms with E-state index in [2.05, 4.69) is 15.6 Å². The average Bonchev–Trinajstić information content (AvgIpc) is 2.99. The number of thioether (sulfide) groups is 1. The number of carbonyl (C=O) groups is 2. The number of anilines is 1. The number of hydrogen-bond donors (Lipinski definition) is 4. The van der Waals surface area contributed by atoms with E-state index >= 15 is 0 Å². The molecule has 1 amide bonds. The van der Waals surface area contributed by atoms with Crippen molar-refractivity contribution in [2.24, 2.45) is 0 Å². The number of hydrogen-bond acceptors (Lipinski definition) is 6. The summed E-state index contributed by atoms with van der Waals surface area (Å²) in [6.07, 6.45) is -4.34. The van der Waals surface area contributed by atoms with Gasteiger partial charge in [-0.15, -0.1) is 0 Å². The minimum Gasteiger partial charge on any atom is -0.481 e. The van der Waals surface area contributed by atoms with Crippen molar-refractivity contribution in [3.63, 3.8) is 0 Å². The molecule has 4 aromatic rings. The number of carboxylic acids is 1. The number of alkyl halides is 3. The molecule has 4 rings (SSSR count). The van der Waals surface area contributed by atoms with E-state index in [0.29, 0.717) is 28.2 Å². The lowest BCUT2D eigenvalue weighted by molar-refractivity contribution is -0.138. The molecule has 0 aliphatic carbocycles. The topological polar surface area (TPSA) is 112 Å². The molecule has 224 valence electrons. The largest absolute Gasteiger partial charge is 0.481 e. The van der Waals surface area contributed by atoms with Crippen LogP contribution in [0.3, 0.4) is 0 Å². The highest BCUT2D eigenvalue weighted by molar-refractivity contribution is 7.98. The van der Waals surface area contributed by atoms with Crippen molar-refractivity contribution in [1.82, 2.24) is 10.3 Å². The molecular weight excluding hydrogens is 586 g/mol. The first-order valence-electron chi connectivity index (χ1n) is 13.0. The number of benzene rings is 3. The molecule has 0 fully saturated rings. The summed E-state index contributed by atoms with van der Waals surface area (Å²) >= 11 is 1.43. The van der Waals surface area contributed by atoms with Crippen LogP contribution in [0.4, 0.5) is 23.2 Å². The summed E-state index contributed by atoms with van der Waals surface area (Å²) in [6.45, 7) is -0.0544. The van der Waals surface area contributed by atoms with Crippen molar-refractivity contribution in [2.45, 2.75) is 31.1 Å². The monoisotopic (exact) mass is 613 g/mol. The first-order valence-corrected chi connectivity index (χ1v) is 14.2. The average molecular weight is 614 g/mol. The second-order valence-electron chi connectivity index (χ2n) is 9.50. The van der Waals surface area contributed by atoms with E-state index < -0.39 is 35.7 Å². The predicted molar refractivity (Wildman–Crippen MR) is 156 cm³/mol. The SMILES string of the molecule is O=C(O)CCSCc1cccc(C(=O)Nc2ccc(F)cc2-c2cc(C(O)NCc3cccc(C(F)(F)F)c3)ccn2)c1. The Hall–Kier alpha value is -4.26. The fraction of sp³-hybridized carbons (Fsp3) is 0.194. The number of aliphatic hydroxyl groups excluding tert-OH is 1. The van der Waals surface area contributed by atoms with E-state index in [1.54, 1.807) is 18.2 Å². The van der Waals surface area contributed by atoms with Crippen LogP contribution in [-0.2, 0) is 23.3 Å².